The van der Waals surface area contributed by atoms with Crippen LogP contribution in [0.15, 0.2) is 24.3 Å². The second-order valence-corrected chi connectivity index (χ2v) is 3.49. The normalized spacial score (nSPS) is 9.42. The molecule has 1 rings (SSSR count). The van der Waals surface area contributed by atoms with Gasteiger partial charge in [0.25, 0.3) is 0 Å². The minimum Gasteiger partial charge on any atom is -0.343 e. The average molecular weight is 178 g/mol. The zero-order chi connectivity index (χ0) is 8.97. The Morgan fingerprint density at radius 1 is 1.42 bits per heavy atom. The van der Waals surface area contributed by atoms with Crippen molar-refractivity contribution in [1.29, 1.82) is 0 Å². The van der Waals surface area contributed by atoms with Crippen molar-refractivity contribution in [2.75, 3.05) is 5.32 Å². The predicted molar refractivity (Wildman–Crippen MR) is 51.9 cm³/mol. The largest absolute Gasteiger partial charge is 0.355 e. The Morgan fingerprint density at radius 3 is 2.42 bits per heavy atom. The third-order valence-corrected chi connectivity index (χ3v) is 1.76. The van der Waals surface area contributed by atoms with E-state index in [0.717, 1.165) is 11.3 Å². The smallest absolute Gasteiger partial charge is 0.343 e. The van der Waals surface area contributed by atoms with Gasteiger partial charge in [0.05, 0.1) is 0 Å². The van der Waals surface area contributed by atoms with E-state index >= 15 is 0 Å². The van der Waals surface area contributed by atoms with E-state index in [1.807, 2.05) is 24.3 Å². The van der Waals surface area contributed by atoms with Crippen LogP contribution in [0.3, 0.4) is 0 Å². The van der Waals surface area contributed by atoms with Crippen LogP contribution in [-0.2, 0) is 6.54 Å². The molecule has 0 aliphatic rings. The van der Waals surface area contributed by atoms with Crippen LogP contribution in [0, 0.1) is 0 Å². The first kappa shape index (κ1) is 9.27. The molecule has 0 atom stereocenters. The lowest BCUT2D eigenvalue weighted by Crippen LogP contribution is -2.08. The van der Waals surface area contributed by atoms with Crippen LogP contribution in [0.1, 0.15) is 5.56 Å². The number of rotatable bonds is 2. The number of anilines is 1. The molecule has 12 heavy (non-hydrogen) atoms. The van der Waals surface area contributed by atoms with Gasteiger partial charge in [0, 0.05) is 12.2 Å². The number of carbonyl (C=O) groups excluding carboxylic acids is 1. The standard InChI is InChI=1S/C8H9N2O.Al.2H/c9-5-7-1-3-8(4-2-7)10-6-11;;;/h1-4H,5,9H2,(H,10,11);;;. The highest BCUT2D eigenvalue weighted by Crippen LogP contribution is 2.08. The minimum atomic E-state index is 0.0792. The van der Waals surface area contributed by atoms with Gasteiger partial charge in [-0.25, -0.2) is 0 Å². The van der Waals surface area contributed by atoms with Crippen LogP contribution < -0.4 is 11.1 Å². The molecule has 3 N–H and O–H groups in total. The molecule has 0 saturated carbocycles. The highest BCUT2D eigenvalue weighted by atomic mass is 27.0. The third-order valence-electron chi connectivity index (χ3n) is 1.51. The fourth-order valence-corrected chi connectivity index (χ4v) is 1.22. The molecule has 0 unspecified atom stereocenters. The molecule has 1 amide bonds. The maximum absolute atomic E-state index is 10.7. The van der Waals surface area contributed by atoms with Gasteiger partial charge in [-0.1, -0.05) is 12.1 Å². The van der Waals surface area contributed by atoms with Gasteiger partial charge >= 0.3 is 16.3 Å². The van der Waals surface area contributed by atoms with Crippen LogP contribution >= 0.6 is 0 Å². The first-order chi connectivity index (χ1) is 5.72. The number of hydrogen-bond donors (Lipinski definition) is 2. The zero-order valence-electron chi connectivity index (χ0n) is 7.00. The van der Waals surface area contributed by atoms with Gasteiger partial charge in [-0.2, -0.15) is 0 Å². The van der Waals surface area contributed by atoms with Crippen molar-refractivity contribution in [3.05, 3.63) is 29.8 Å². The summed E-state index contributed by atoms with van der Waals surface area (Å²) in [7, 11) is 0. The second-order valence-electron chi connectivity index (χ2n) is 2.58. The number of nitrogens with two attached hydrogens (primary N) is 1. The summed E-state index contributed by atoms with van der Waals surface area (Å²) in [5.74, 6) is 0. The van der Waals surface area contributed by atoms with Crippen molar-refractivity contribution in [1.82, 2.24) is 0 Å². The van der Waals surface area contributed by atoms with E-state index in [0.29, 0.717) is 22.8 Å². The van der Waals surface area contributed by atoms with Crippen LogP contribution in [0.5, 0.6) is 0 Å². The van der Waals surface area contributed by atoms with Gasteiger partial charge in [0.15, 0.2) is 0 Å². The lowest BCUT2D eigenvalue weighted by Gasteiger charge is -2.02. The first-order valence-electron chi connectivity index (χ1n) is 3.79. The zero-order valence-corrected chi connectivity index (χ0v) is 9.00. The monoisotopic (exact) mass is 178 g/mol. The SMILES string of the molecule is NCc1ccc(N[C](=O)[AlH2])cc1. The molecule has 62 valence electrons. The molecule has 4 heteroatoms. The molecule has 0 aromatic heterocycles. The summed E-state index contributed by atoms with van der Waals surface area (Å²) >= 11 is 0.528. The van der Waals surface area contributed by atoms with Gasteiger partial charge in [-0.15, -0.1) is 0 Å². The molecule has 0 spiro atoms. The van der Waals surface area contributed by atoms with Crippen molar-refractivity contribution in [3.63, 3.8) is 0 Å². The Morgan fingerprint density at radius 2 is 2.00 bits per heavy atom. The number of carbonyl (C=O) groups is 1. The van der Waals surface area contributed by atoms with Gasteiger partial charge in [-0.3, -0.25) is 4.79 Å². The van der Waals surface area contributed by atoms with E-state index < -0.39 is 0 Å². The maximum Gasteiger partial charge on any atom is 0.355 e. The van der Waals surface area contributed by atoms with Crippen molar-refractivity contribution in [2.24, 2.45) is 5.73 Å². The first-order valence-corrected chi connectivity index (χ1v) is 4.79. The average Bonchev–Trinajstić information content (AvgIpc) is 2.05. The Bertz CT molecular complexity index is 271. The summed E-state index contributed by atoms with van der Waals surface area (Å²) in [6.45, 7) is 0.537. The van der Waals surface area contributed by atoms with E-state index in [1.165, 1.54) is 0 Å². The van der Waals surface area contributed by atoms with Crippen LogP contribution in [0.25, 0.3) is 0 Å². The molecule has 3 nitrogen and oxygen atoms in total. The molecule has 0 radical (unpaired) electrons. The van der Waals surface area contributed by atoms with E-state index in [4.69, 9.17) is 5.73 Å². The molecule has 0 saturated heterocycles. The van der Waals surface area contributed by atoms with E-state index in [1.54, 1.807) is 0 Å². The molecule has 1 aromatic rings. The topological polar surface area (TPSA) is 55.1 Å². The Hall–Kier alpha value is -0.818. The van der Waals surface area contributed by atoms with E-state index in [9.17, 15) is 4.79 Å². The molecule has 0 aliphatic carbocycles. The number of nitrogens with one attached hydrogen (secondary N) is 1. The quantitative estimate of drug-likeness (QED) is 0.640. The lowest BCUT2D eigenvalue weighted by molar-refractivity contribution is 0.269. The summed E-state index contributed by atoms with van der Waals surface area (Å²) in [6, 6.07) is 7.54. The van der Waals surface area contributed by atoms with E-state index in [2.05, 4.69) is 5.32 Å². The molecular formula is C8H11AlN2O. The van der Waals surface area contributed by atoms with Crippen molar-refractivity contribution in [2.45, 2.75) is 6.54 Å². The summed E-state index contributed by atoms with van der Waals surface area (Å²) in [5.41, 5.74) is 7.33. The maximum atomic E-state index is 10.7. The molecule has 0 bridgehead atoms. The Labute approximate surface area is 79.4 Å². The summed E-state index contributed by atoms with van der Waals surface area (Å²) in [6.07, 6.45) is 0. The van der Waals surface area contributed by atoms with Gasteiger partial charge in [0.2, 0.25) is 0 Å². The van der Waals surface area contributed by atoms with Crippen LogP contribution in [0.4, 0.5) is 10.5 Å². The second kappa shape index (κ2) is 4.27. The summed E-state index contributed by atoms with van der Waals surface area (Å²) < 4.78 is 0.0792. The third kappa shape index (κ3) is 2.67. The van der Waals surface area contributed by atoms with Crippen LogP contribution in [-0.4, -0.2) is 21.1 Å². The minimum absolute atomic E-state index is 0.0792. The molecule has 0 aliphatic heterocycles. The highest BCUT2D eigenvalue weighted by molar-refractivity contribution is 6.60. The van der Waals surface area contributed by atoms with Gasteiger partial charge in [0.1, 0.15) is 4.77 Å². The molecular weight excluding hydrogens is 167 g/mol. The van der Waals surface area contributed by atoms with Crippen molar-refractivity contribution < 1.29 is 4.79 Å². The van der Waals surface area contributed by atoms with Crippen molar-refractivity contribution >= 4 is 26.7 Å². The van der Waals surface area contributed by atoms with Crippen molar-refractivity contribution in [3.8, 4) is 0 Å². The Balaban J connectivity index is 2.71. The lowest BCUT2D eigenvalue weighted by atomic mass is 10.2. The Kier molecular flexibility index (Phi) is 3.30. The molecule has 0 heterocycles. The van der Waals surface area contributed by atoms with E-state index in [-0.39, 0.29) is 4.77 Å². The summed E-state index contributed by atoms with van der Waals surface area (Å²) in [5, 5.41) is 2.74. The fraction of sp³-hybridized carbons (Fsp3) is 0.125. The van der Waals surface area contributed by atoms with Gasteiger partial charge < -0.3 is 11.1 Å². The van der Waals surface area contributed by atoms with Gasteiger partial charge in [-0.05, 0) is 17.7 Å². The number of hydrogen-bond acceptors (Lipinski definition) is 2. The van der Waals surface area contributed by atoms with Crippen LogP contribution in [0.2, 0.25) is 0 Å². The summed E-state index contributed by atoms with van der Waals surface area (Å²) in [4.78, 5) is 10.7. The predicted octanol–water partition coefficient (Wildman–Crippen LogP) is 0.310. The number of amides is 1. The molecule has 0 fully saturated rings. The molecule has 1 aromatic carbocycles. The highest BCUT2D eigenvalue weighted by Gasteiger charge is 1.93. The number of benzene rings is 1. The fourth-order valence-electron chi connectivity index (χ4n) is 0.927.